The van der Waals surface area contributed by atoms with E-state index in [2.05, 4.69) is 46.5 Å². The van der Waals surface area contributed by atoms with Gasteiger partial charge in [0, 0.05) is 38.5 Å². The Balaban J connectivity index is 1.36. The Hall–Kier alpha value is -2.99. The first-order valence-electron chi connectivity index (χ1n) is 10.2. The van der Waals surface area contributed by atoms with Gasteiger partial charge in [0.05, 0.1) is 5.69 Å². The van der Waals surface area contributed by atoms with Gasteiger partial charge in [-0.2, -0.15) is 5.10 Å². The molecule has 4 rings (SSSR count). The van der Waals surface area contributed by atoms with Gasteiger partial charge in [-0.1, -0.05) is 42.5 Å². The second kappa shape index (κ2) is 8.57. The van der Waals surface area contributed by atoms with Crippen molar-refractivity contribution < 1.29 is 9.59 Å². The van der Waals surface area contributed by atoms with Gasteiger partial charge in [0.15, 0.2) is 0 Å². The third kappa shape index (κ3) is 4.38. The van der Waals surface area contributed by atoms with E-state index in [1.807, 2.05) is 30.3 Å². The summed E-state index contributed by atoms with van der Waals surface area (Å²) in [5, 5.41) is 8.68. The van der Waals surface area contributed by atoms with Crippen molar-refractivity contribution in [3.05, 3.63) is 65.7 Å². The Labute approximate surface area is 171 Å². The summed E-state index contributed by atoms with van der Waals surface area (Å²) in [7, 11) is 0. The van der Waals surface area contributed by atoms with Crippen LogP contribution >= 0.6 is 0 Å². The zero-order valence-electron chi connectivity index (χ0n) is 16.7. The number of para-hydroxylation sites is 1. The maximum absolute atomic E-state index is 12.7. The van der Waals surface area contributed by atoms with Crippen LogP contribution in [0.5, 0.6) is 0 Å². The van der Waals surface area contributed by atoms with Gasteiger partial charge in [0.2, 0.25) is 5.91 Å². The van der Waals surface area contributed by atoms with Crippen LogP contribution in [0.25, 0.3) is 0 Å². The number of carbonyl (C=O) groups is 2. The average Bonchev–Trinajstić information content (AvgIpc) is 2.77. The molecule has 0 spiro atoms. The molecule has 2 aliphatic rings. The molecule has 0 fully saturated rings. The summed E-state index contributed by atoms with van der Waals surface area (Å²) in [6.07, 6.45) is 1.70. The molecule has 0 radical (unpaired) electrons. The average molecular weight is 390 g/mol. The molecule has 0 aromatic heterocycles. The zero-order chi connectivity index (χ0) is 20.2. The minimum atomic E-state index is -0.192. The largest absolute Gasteiger partial charge is 0.349 e. The number of rotatable bonds is 5. The zero-order valence-corrected chi connectivity index (χ0v) is 16.7. The summed E-state index contributed by atoms with van der Waals surface area (Å²) in [5.41, 5.74) is 3.88. The summed E-state index contributed by atoms with van der Waals surface area (Å²) in [5.74, 6) is -0.282. The lowest BCUT2D eigenvalue weighted by Crippen LogP contribution is -2.46. The van der Waals surface area contributed by atoms with Crippen molar-refractivity contribution in [1.82, 2.24) is 10.2 Å². The Bertz CT molecular complexity index is 925. The Morgan fingerprint density at radius 2 is 1.76 bits per heavy atom. The number of hydrazone groups is 1. The number of nitrogens with one attached hydrogen (secondary N) is 1. The highest BCUT2D eigenvalue weighted by molar-refractivity contribution is 6.40. The van der Waals surface area contributed by atoms with E-state index in [9.17, 15) is 9.59 Å². The van der Waals surface area contributed by atoms with Gasteiger partial charge in [0.25, 0.3) is 5.91 Å². The maximum atomic E-state index is 12.7. The van der Waals surface area contributed by atoms with Crippen LogP contribution in [0.4, 0.5) is 5.69 Å². The fourth-order valence-corrected chi connectivity index (χ4v) is 3.85. The summed E-state index contributed by atoms with van der Waals surface area (Å²) in [6, 6.07) is 18.0. The lowest BCUT2D eigenvalue weighted by atomic mass is 9.99. The Morgan fingerprint density at radius 1 is 1.03 bits per heavy atom. The quantitative estimate of drug-likeness (QED) is 0.854. The number of carbonyl (C=O) groups excluding carboxylic acids is 2. The molecule has 6 heteroatoms. The van der Waals surface area contributed by atoms with Crippen LogP contribution < -0.4 is 10.3 Å². The van der Waals surface area contributed by atoms with Gasteiger partial charge in [-0.05, 0) is 36.6 Å². The third-order valence-electron chi connectivity index (χ3n) is 5.64. The van der Waals surface area contributed by atoms with Gasteiger partial charge < -0.3 is 5.32 Å². The van der Waals surface area contributed by atoms with E-state index >= 15 is 0 Å². The van der Waals surface area contributed by atoms with Crippen molar-refractivity contribution in [2.45, 2.75) is 38.8 Å². The molecule has 2 aliphatic heterocycles. The van der Waals surface area contributed by atoms with Gasteiger partial charge in [-0.15, -0.1) is 0 Å². The molecule has 0 saturated heterocycles. The number of hydrogen-bond donors (Lipinski definition) is 1. The standard InChI is InChI=1S/C23H26N4O2/c1-17(26-14-13-18-7-5-6-8-19(18)16-26)15-24-23(29)21-11-12-22(28)27(25-21)20-9-3-2-4-10-20/h2-10,17H,11-16H2,1H3,(H,24,29). The van der Waals surface area contributed by atoms with Crippen molar-refractivity contribution >= 4 is 23.2 Å². The second-order valence-corrected chi connectivity index (χ2v) is 7.64. The number of benzene rings is 2. The van der Waals surface area contributed by atoms with E-state index in [1.165, 1.54) is 16.1 Å². The summed E-state index contributed by atoms with van der Waals surface area (Å²) in [6.45, 7) is 4.59. The summed E-state index contributed by atoms with van der Waals surface area (Å²) < 4.78 is 0. The second-order valence-electron chi connectivity index (χ2n) is 7.64. The molecular weight excluding hydrogens is 364 g/mol. The number of nitrogens with zero attached hydrogens (tertiary/aromatic N) is 3. The fourth-order valence-electron chi connectivity index (χ4n) is 3.85. The molecule has 0 saturated carbocycles. The fraction of sp³-hybridized carbons (Fsp3) is 0.348. The number of fused-ring (bicyclic) bond motifs is 1. The van der Waals surface area contributed by atoms with Gasteiger partial charge >= 0.3 is 0 Å². The van der Waals surface area contributed by atoms with E-state index in [4.69, 9.17) is 0 Å². The highest BCUT2D eigenvalue weighted by atomic mass is 16.2. The highest BCUT2D eigenvalue weighted by Gasteiger charge is 2.26. The SMILES string of the molecule is CC(CNC(=O)C1=NN(c2ccccc2)C(=O)CC1)N1CCc2ccccc2C1. The van der Waals surface area contributed by atoms with Crippen LogP contribution in [0.3, 0.4) is 0 Å². The molecule has 2 aromatic carbocycles. The van der Waals surface area contributed by atoms with Crippen molar-refractivity contribution in [2.24, 2.45) is 5.10 Å². The van der Waals surface area contributed by atoms with E-state index in [-0.39, 0.29) is 17.9 Å². The Kier molecular flexibility index (Phi) is 5.71. The molecule has 1 N–H and O–H groups in total. The number of amides is 2. The number of hydrogen-bond acceptors (Lipinski definition) is 4. The molecular formula is C23H26N4O2. The van der Waals surface area contributed by atoms with Gasteiger partial charge in [-0.25, -0.2) is 5.01 Å². The van der Waals surface area contributed by atoms with Crippen molar-refractivity contribution in [1.29, 1.82) is 0 Å². The minimum Gasteiger partial charge on any atom is -0.349 e. The topological polar surface area (TPSA) is 65.0 Å². The van der Waals surface area contributed by atoms with Crippen LogP contribution in [0, 0.1) is 0 Å². The predicted octanol–water partition coefficient (Wildman–Crippen LogP) is 2.73. The first-order chi connectivity index (χ1) is 14.1. The monoisotopic (exact) mass is 390 g/mol. The van der Waals surface area contributed by atoms with Gasteiger partial charge in [-0.3, -0.25) is 14.5 Å². The van der Waals surface area contributed by atoms with Crippen molar-refractivity contribution in [3.8, 4) is 0 Å². The predicted molar refractivity (Wildman–Crippen MR) is 114 cm³/mol. The lowest BCUT2D eigenvalue weighted by Gasteiger charge is -2.34. The van der Waals surface area contributed by atoms with E-state index < -0.39 is 0 Å². The van der Waals surface area contributed by atoms with Crippen LogP contribution in [-0.4, -0.2) is 41.6 Å². The highest BCUT2D eigenvalue weighted by Crippen LogP contribution is 2.21. The van der Waals surface area contributed by atoms with E-state index in [0.717, 1.165) is 19.5 Å². The van der Waals surface area contributed by atoms with E-state index in [0.29, 0.717) is 30.8 Å². The summed E-state index contributed by atoms with van der Waals surface area (Å²) in [4.78, 5) is 27.3. The number of anilines is 1. The molecule has 2 heterocycles. The molecule has 2 amide bonds. The molecule has 1 unspecified atom stereocenters. The van der Waals surface area contributed by atoms with Crippen LogP contribution in [0.2, 0.25) is 0 Å². The molecule has 150 valence electrons. The normalized spacial score (nSPS) is 18.0. The Morgan fingerprint density at radius 3 is 2.55 bits per heavy atom. The molecule has 1 atom stereocenters. The first kappa shape index (κ1) is 19.3. The minimum absolute atomic E-state index is 0.0897. The first-order valence-corrected chi connectivity index (χ1v) is 10.2. The summed E-state index contributed by atoms with van der Waals surface area (Å²) >= 11 is 0. The molecule has 0 aliphatic carbocycles. The smallest absolute Gasteiger partial charge is 0.267 e. The van der Waals surface area contributed by atoms with Crippen molar-refractivity contribution in [2.75, 3.05) is 18.1 Å². The molecule has 2 aromatic rings. The van der Waals surface area contributed by atoms with Crippen LogP contribution in [-0.2, 0) is 22.6 Å². The molecule has 29 heavy (non-hydrogen) atoms. The maximum Gasteiger partial charge on any atom is 0.267 e. The van der Waals surface area contributed by atoms with E-state index in [1.54, 1.807) is 0 Å². The van der Waals surface area contributed by atoms with Crippen LogP contribution in [0.1, 0.15) is 30.9 Å². The van der Waals surface area contributed by atoms with Crippen molar-refractivity contribution in [3.63, 3.8) is 0 Å². The molecule has 6 nitrogen and oxygen atoms in total. The molecule has 0 bridgehead atoms. The third-order valence-corrected chi connectivity index (χ3v) is 5.64. The lowest BCUT2D eigenvalue weighted by molar-refractivity contribution is -0.119. The van der Waals surface area contributed by atoms with Gasteiger partial charge in [0.1, 0.15) is 5.71 Å². The van der Waals surface area contributed by atoms with Crippen LogP contribution in [0.15, 0.2) is 59.7 Å².